The van der Waals surface area contributed by atoms with E-state index in [1.807, 2.05) is 36.4 Å². The Kier molecular flexibility index (Phi) is 2.26. The number of ketones is 1. The Morgan fingerprint density at radius 1 is 1.07 bits per heavy atom. The topological polar surface area (TPSA) is 17.1 Å². The zero-order valence-corrected chi connectivity index (χ0v) is 8.51. The Morgan fingerprint density at radius 3 is 2.43 bits per heavy atom. The smallest absolute Gasteiger partial charge is 0.159 e. The molecular weight excluding hydrogens is 196 g/mol. The number of hydrogen-bond acceptors (Lipinski definition) is 1. The number of rotatable bonds is 1. The van der Waals surface area contributed by atoms with Crippen LogP contribution in [0.1, 0.15) is 17.3 Å². The molecule has 2 heteroatoms. The summed E-state index contributed by atoms with van der Waals surface area (Å²) in [7, 11) is 0. The third-order valence-electron chi connectivity index (χ3n) is 2.21. The van der Waals surface area contributed by atoms with Crippen LogP contribution >= 0.6 is 11.6 Å². The molecule has 0 spiro atoms. The van der Waals surface area contributed by atoms with Crippen LogP contribution in [-0.2, 0) is 0 Å². The fourth-order valence-electron chi connectivity index (χ4n) is 1.44. The number of halogens is 1. The van der Waals surface area contributed by atoms with Gasteiger partial charge in [0.1, 0.15) is 0 Å². The highest BCUT2D eigenvalue weighted by molar-refractivity contribution is 6.31. The van der Waals surface area contributed by atoms with Gasteiger partial charge in [0, 0.05) is 10.6 Å². The van der Waals surface area contributed by atoms with Gasteiger partial charge in [0.25, 0.3) is 0 Å². The molecule has 0 atom stereocenters. The van der Waals surface area contributed by atoms with Gasteiger partial charge in [-0.1, -0.05) is 29.8 Å². The number of carbonyl (C=O) groups excluding carboxylic acids is 1. The number of Topliss-reactive ketones (excluding diaryl/α,β-unsaturated/α-hetero) is 1. The molecule has 0 fully saturated rings. The van der Waals surface area contributed by atoms with Crippen LogP contribution in [0.25, 0.3) is 10.8 Å². The van der Waals surface area contributed by atoms with Crippen LogP contribution < -0.4 is 0 Å². The van der Waals surface area contributed by atoms with E-state index in [1.165, 1.54) is 0 Å². The van der Waals surface area contributed by atoms with E-state index in [0.29, 0.717) is 5.02 Å². The average molecular weight is 205 g/mol. The fraction of sp³-hybridized carbons (Fsp3) is 0.0833. The fourth-order valence-corrected chi connectivity index (χ4v) is 1.62. The first-order valence-electron chi connectivity index (χ1n) is 4.37. The molecule has 2 aromatic rings. The molecule has 0 heterocycles. The largest absolute Gasteiger partial charge is 0.295 e. The van der Waals surface area contributed by atoms with Gasteiger partial charge in [-0.2, -0.15) is 0 Å². The average Bonchev–Trinajstić information content (AvgIpc) is 2.16. The van der Waals surface area contributed by atoms with Crippen molar-refractivity contribution in [3.05, 3.63) is 47.0 Å². The summed E-state index contributed by atoms with van der Waals surface area (Å²) < 4.78 is 0. The van der Waals surface area contributed by atoms with Crippen LogP contribution in [0.4, 0.5) is 0 Å². The van der Waals surface area contributed by atoms with Crippen molar-refractivity contribution < 1.29 is 4.79 Å². The lowest BCUT2D eigenvalue weighted by atomic mass is 10.1. The summed E-state index contributed by atoms with van der Waals surface area (Å²) >= 11 is 5.85. The summed E-state index contributed by atoms with van der Waals surface area (Å²) in [6.45, 7) is 1.57. The predicted molar refractivity (Wildman–Crippen MR) is 59.0 cm³/mol. The highest BCUT2D eigenvalue weighted by Gasteiger charge is 2.00. The molecule has 0 unspecified atom stereocenters. The van der Waals surface area contributed by atoms with Crippen molar-refractivity contribution in [2.45, 2.75) is 6.92 Å². The SMILES string of the molecule is CC(=O)c1ccc2cc(Cl)ccc2c1. The maximum Gasteiger partial charge on any atom is 0.159 e. The lowest BCUT2D eigenvalue weighted by Crippen LogP contribution is -1.90. The molecule has 0 N–H and O–H groups in total. The van der Waals surface area contributed by atoms with Crippen molar-refractivity contribution in [2.75, 3.05) is 0 Å². The first-order chi connectivity index (χ1) is 6.66. The Balaban J connectivity index is 2.67. The van der Waals surface area contributed by atoms with Gasteiger partial charge in [0.2, 0.25) is 0 Å². The highest BCUT2D eigenvalue weighted by atomic mass is 35.5. The molecule has 0 aliphatic rings. The number of hydrogen-bond donors (Lipinski definition) is 0. The van der Waals surface area contributed by atoms with E-state index in [-0.39, 0.29) is 5.78 Å². The van der Waals surface area contributed by atoms with E-state index in [4.69, 9.17) is 11.6 Å². The van der Waals surface area contributed by atoms with Crippen LogP contribution in [0.15, 0.2) is 36.4 Å². The van der Waals surface area contributed by atoms with Crippen LogP contribution in [0.2, 0.25) is 5.02 Å². The minimum absolute atomic E-state index is 0.0850. The second kappa shape index (κ2) is 3.43. The third kappa shape index (κ3) is 1.64. The Hall–Kier alpha value is -1.34. The standard InChI is InChI=1S/C12H9ClO/c1-8(14)9-2-3-11-7-12(13)5-4-10(11)6-9/h2-7H,1H3. The second-order valence-corrected chi connectivity index (χ2v) is 3.70. The lowest BCUT2D eigenvalue weighted by molar-refractivity contribution is 0.101. The van der Waals surface area contributed by atoms with Crippen molar-refractivity contribution in [2.24, 2.45) is 0 Å². The van der Waals surface area contributed by atoms with Gasteiger partial charge in [0.05, 0.1) is 0 Å². The molecule has 14 heavy (non-hydrogen) atoms. The Labute approximate surface area is 87.3 Å². The molecule has 0 radical (unpaired) electrons. The van der Waals surface area contributed by atoms with Gasteiger partial charge in [0.15, 0.2) is 5.78 Å². The van der Waals surface area contributed by atoms with Gasteiger partial charge >= 0.3 is 0 Å². The first kappa shape index (κ1) is 9.22. The lowest BCUT2D eigenvalue weighted by Gasteiger charge is -2.00. The summed E-state index contributed by atoms with van der Waals surface area (Å²) in [5, 5.41) is 2.82. The van der Waals surface area contributed by atoms with E-state index in [0.717, 1.165) is 16.3 Å². The molecule has 0 bridgehead atoms. The van der Waals surface area contributed by atoms with Gasteiger partial charge in [-0.3, -0.25) is 4.79 Å². The van der Waals surface area contributed by atoms with E-state index in [2.05, 4.69) is 0 Å². The molecule has 70 valence electrons. The normalized spacial score (nSPS) is 10.4. The summed E-state index contributed by atoms with van der Waals surface area (Å²) in [5.74, 6) is 0.0850. The van der Waals surface area contributed by atoms with E-state index in [9.17, 15) is 4.79 Å². The number of fused-ring (bicyclic) bond motifs is 1. The molecule has 0 amide bonds. The molecule has 0 saturated heterocycles. The maximum absolute atomic E-state index is 11.1. The molecule has 2 aromatic carbocycles. The zero-order chi connectivity index (χ0) is 10.1. The minimum atomic E-state index is 0.0850. The zero-order valence-electron chi connectivity index (χ0n) is 7.75. The first-order valence-corrected chi connectivity index (χ1v) is 4.75. The van der Waals surface area contributed by atoms with Crippen molar-refractivity contribution in [1.82, 2.24) is 0 Å². The van der Waals surface area contributed by atoms with Gasteiger partial charge in [-0.15, -0.1) is 0 Å². The molecule has 0 aliphatic heterocycles. The van der Waals surface area contributed by atoms with Crippen molar-refractivity contribution in [3.8, 4) is 0 Å². The van der Waals surface area contributed by atoms with Crippen LogP contribution in [-0.4, -0.2) is 5.78 Å². The summed E-state index contributed by atoms with van der Waals surface area (Å²) in [6, 6.07) is 11.3. The predicted octanol–water partition coefficient (Wildman–Crippen LogP) is 3.70. The Bertz CT molecular complexity index is 503. The number of benzene rings is 2. The summed E-state index contributed by atoms with van der Waals surface area (Å²) in [5.41, 5.74) is 0.736. The van der Waals surface area contributed by atoms with Crippen LogP contribution in [0.3, 0.4) is 0 Å². The molecule has 1 nitrogen and oxygen atoms in total. The van der Waals surface area contributed by atoms with E-state index >= 15 is 0 Å². The van der Waals surface area contributed by atoms with Crippen LogP contribution in [0, 0.1) is 0 Å². The molecular formula is C12H9ClO. The minimum Gasteiger partial charge on any atom is -0.295 e. The van der Waals surface area contributed by atoms with Crippen molar-refractivity contribution in [1.29, 1.82) is 0 Å². The summed E-state index contributed by atoms with van der Waals surface area (Å²) in [4.78, 5) is 11.1. The summed E-state index contributed by atoms with van der Waals surface area (Å²) in [6.07, 6.45) is 0. The van der Waals surface area contributed by atoms with E-state index in [1.54, 1.807) is 6.92 Å². The molecule has 0 aliphatic carbocycles. The number of carbonyl (C=O) groups is 1. The second-order valence-electron chi connectivity index (χ2n) is 3.26. The van der Waals surface area contributed by atoms with E-state index < -0.39 is 0 Å². The van der Waals surface area contributed by atoms with Crippen molar-refractivity contribution >= 4 is 28.2 Å². The Morgan fingerprint density at radius 2 is 1.71 bits per heavy atom. The van der Waals surface area contributed by atoms with Crippen LogP contribution in [0.5, 0.6) is 0 Å². The monoisotopic (exact) mass is 204 g/mol. The maximum atomic E-state index is 11.1. The van der Waals surface area contributed by atoms with Gasteiger partial charge in [-0.05, 0) is 35.9 Å². The molecule has 0 aromatic heterocycles. The van der Waals surface area contributed by atoms with Gasteiger partial charge < -0.3 is 0 Å². The van der Waals surface area contributed by atoms with Gasteiger partial charge in [-0.25, -0.2) is 0 Å². The third-order valence-corrected chi connectivity index (χ3v) is 2.44. The highest BCUT2D eigenvalue weighted by Crippen LogP contribution is 2.20. The molecule has 0 saturated carbocycles. The quantitative estimate of drug-likeness (QED) is 0.648. The van der Waals surface area contributed by atoms with Crippen molar-refractivity contribution in [3.63, 3.8) is 0 Å². The molecule has 2 rings (SSSR count).